The van der Waals surface area contributed by atoms with Gasteiger partial charge in [0.25, 0.3) is 0 Å². The fraction of sp³-hybridized carbons (Fsp3) is 0.857. The van der Waals surface area contributed by atoms with Crippen LogP contribution < -0.4 is 5.73 Å². The molecule has 17 heavy (non-hydrogen) atoms. The molecule has 1 amide bonds. The van der Waals surface area contributed by atoms with Crippen molar-refractivity contribution in [2.24, 2.45) is 28.9 Å². The molecule has 0 aliphatic rings. The van der Waals surface area contributed by atoms with E-state index in [1.54, 1.807) is 0 Å². The van der Waals surface area contributed by atoms with Crippen LogP contribution in [0.5, 0.6) is 0 Å². The highest BCUT2D eigenvalue weighted by atomic mass is 16.1. The van der Waals surface area contributed by atoms with Crippen LogP contribution in [0.2, 0.25) is 0 Å². The Kier molecular flexibility index (Phi) is 5.86. The van der Waals surface area contributed by atoms with E-state index >= 15 is 0 Å². The van der Waals surface area contributed by atoms with Crippen molar-refractivity contribution in [2.45, 2.75) is 54.4 Å². The molecule has 0 bridgehead atoms. The molecule has 0 spiro atoms. The molecule has 2 N–H and O–H groups in total. The van der Waals surface area contributed by atoms with Crippen molar-refractivity contribution in [1.82, 2.24) is 0 Å². The zero-order valence-corrected chi connectivity index (χ0v) is 12.0. The molecule has 2 atom stereocenters. The Morgan fingerprint density at radius 2 is 1.65 bits per heavy atom. The van der Waals surface area contributed by atoms with Gasteiger partial charge in [-0.15, -0.1) is 0 Å². The second-order valence-electron chi connectivity index (χ2n) is 6.18. The van der Waals surface area contributed by atoms with Crippen LogP contribution in [-0.4, -0.2) is 11.7 Å². The monoisotopic (exact) mass is 241 g/mol. The molecule has 0 aliphatic carbocycles. The lowest BCUT2D eigenvalue weighted by molar-refractivity contribution is -0.139. The zero-order chi connectivity index (χ0) is 13.8. The van der Waals surface area contributed by atoms with E-state index < -0.39 is 5.41 Å². The third kappa shape index (κ3) is 4.49. The summed E-state index contributed by atoms with van der Waals surface area (Å²) in [5, 5.41) is 0. The van der Waals surface area contributed by atoms with E-state index in [-0.39, 0.29) is 29.4 Å². The number of hydrogen-bond acceptors (Lipinski definition) is 2. The fourth-order valence-corrected chi connectivity index (χ4v) is 2.26. The summed E-state index contributed by atoms with van der Waals surface area (Å²) < 4.78 is 0. The van der Waals surface area contributed by atoms with Crippen LogP contribution in [0.4, 0.5) is 0 Å². The maximum atomic E-state index is 12.4. The van der Waals surface area contributed by atoms with Gasteiger partial charge < -0.3 is 5.73 Å². The van der Waals surface area contributed by atoms with E-state index in [0.717, 1.165) is 6.42 Å². The van der Waals surface area contributed by atoms with Crippen LogP contribution in [-0.2, 0) is 9.59 Å². The predicted molar refractivity (Wildman–Crippen MR) is 70.4 cm³/mol. The van der Waals surface area contributed by atoms with Gasteiger partial charge in [-0.1, -0.05) is 48.0 Å². The first-order chi connectivity index (χ1) is 7.62. The molecule has 3 heteroatoms. The Morgan fingerprint density at radius 3 is 1.88 bits per heavy atom. The van der Waals surface area contributed by atoms with Gasteiger partial charge in [-0.2, -0.15) is 0 Å². The van der Waals surface area contributed by atoms with E-state index in [9.17, 15) is 9.59 Å². The third-order valence-corrected chi connectivity index (χ3v) is 3.16. The van der Waals surface area contributed by atoms with Crippen molar-refractivity contribution in [1.29, 1.82) is 0 Å². The Balaban J connectivity index is 5.20. The number of amides is 1. The Hall–Kier alpha value is -0.860. The van der Waals surface area contributed by atoms with Gasteiger partial charge in [0.1, 0.15) is 5.78 Å². The Bertz CT molecular complexity index is 276. The molecular formula is C14H27NO2. The first kappa shape index (κ1) is 16.1. The Morgan fingerprint density at radius 1 is 1.18 bits per heavy atom. The van der Waals surface area contributed by atoms with Crippen LogP contribution in [0.15, 0.2) is 0 Å². The van der Waals surface area contributed by atoms with Gasteiger partial charge in [0, 0.05) is 17.3 Å². The summed E-state index contributed by atoms with van der Waals surface area (Å²) in [6.07, 6.45) is 1.56. The normalized spacial score (nSPS) is 15.7. The lowest BCUT2D eigenvalue weighted by Crippen LogP contribution is -2.41. The number of nitrogens with two attached hydrogens (primary N) is 1. The van der Waals surface area contributed by atoms with Gasteiger partial charge in [-0.05, 0) is 12.3 Å². The quantitative estimate of drug-likeness (QED) is 0.777. The van der Waals surface area contributed by atoms with E-state index in [4.69, 9.17) is 5.73 Å². The second kappa shape index (κ2) is 6.18. The van der Waals surface area contributed by atoms with E-state index in [1.165, 1.54) is 0 Å². The summed E-state index contributed by atoms with van der Waals surface area (Å²) >= 11 is 0. The van der Waals surface area contributed by atoms with Crippen molar-refractivity contribution < 1.29 is 9.59 Å². The summed E-state index contributed by atoms with van der Waals surface area (Å²) in [5.74, 6) is -0.641. The minimum absolute atomic E-state index is 0.143. The number of primary amides is 1. The SMILES string of the molecule is CCC[C@H](C(N)=O)[C@H](C(=O)C(C)(C)C)C(C)C. The molecule has 0 aliphatic heterocycles. The highest BCUT2D eigenvalue weighted by molar-refractivity contribution is 5.91. The molecule has 0 fully saturated rings. The van der Waals surface area contributed by atoms with E-state index in [2.05, 4.69) is 0 Å². The van der Waals surface area contributed by atoms with E-state index in [1.807, 2.05) is 41.5 Å². The number of hydrogen-bond donors (Lipinski definition) is 1. The maximum Gasteiger partial charge on any atom is 0.221 e. The molecule has 0 saturated carbocycles. The standard InChI is InChI=1S/C14H27NO2/c1-7-8-10(13(15)17)11(9(2)3)12(16)14(4,5)6/h9-11H,7-8H2,1-6H3,(H2,15,17)/t10-,11+/m0/s1. The summed E-state index contributed by atoms with van der Waals surface area (Å²) in [6, 6.07) is 0. The summed E-state index contributed by atoms with van der Waals surface area (Å²) in [5.41, 5.74) is 5.03. The van der Waals surface area contributed by atoms with Crippen LogP contribution in [0.25, 0.3) is 0 Å². The molecule has 3 nitrogen and oxygen atoms in total. The first-order valence-corrected chi connectivity index (χ1v) is 6.46. The largest absolute Gasteiger partial charge is 0.369 e. The number of rotatable bonds is 6. The van der Waals surface area contributed by atoms with Crippen LogP contribution in [0.3, 0.4) is 0 Å². The molecule has 100 valence electrons. The second-order valence-corrected chi connectivity index (χ2v) is 6.18. The molecule has 0 aromatic heterocycles. The average Bonchev–Trinajstić information content (AvgIpc) is 2.14. The molecule has 0 aromatic carbocycles. The summed E-state index contributed by atoms with van der Waals surface area (Å²) in [7, 11) is 0. The lowest BCUT2D eigenvalue weighted by Gasteiger charge is -2.32. The number of Topliss-reactive ketones (excluding diaryl/α,β-unsaturated/α-hetero) is 1. The first-order valence-electron chi connectivity index (χ1n) is 6.46. The van der Waals surface area contributed by atoms with Crippen molar-refractivity contribution in [3.05, 3.63) is 0 Å². The van der Waals surface area contributed by atoms with Crippen LogP contribution in [0, 0.1) is 23.2 Å². The maximum absolute atomic E-state index is 12.4. The zero-order valence-electron chi connectivity index (χ0n) is 12.0. The number of carbonyl (C=O) groups is 2. The fourth-order valence-electron chi connectivity index (χ4n) is 2.26. The number of carbonyl (C=O) groups excluding carboxylic acids is 2. The van der Waals surface area contributed by atoms with Gasteiger partial charge in [0.05, 0.1) is 0 Å². The van der Waals surface area contributed by atoms with Crippen molar-refractivity contribution in [2.75, 3.05) is 0 Å². The highest BCUT2D eigenvalue weighted by Crippen LogP contribution is 2.32. The molecule has 0 unspecified atom stereocenters. The van der Waals surface area contributed by atoms with Crippen molar-refractivity contribution in [3.8, 4) is 0 Å². The topological polar surface area (TPSA) is 60.2 Å². The average molecular weight is 241 g/mol. The van der Waals surface area contributed by atoms with Gasteiger partial charge >= 0.3 is 0 Å². The van der Waals surface area contributed by atoms with Crippen LogP contribution in [0.1, 0.15) is 54.4 Å². The molecule has 0 saturated heterocycles. The summed E-state index contributed by atoms with van der Waals surface area (Å²) in [4.78, 5) is 24.0. The predicted octanol–water partition coefficient (Wildman–Crippen LogP) is 2.78. The highest BCUT2D eigenvalue weighted by Gasteiger charge is 2.38. The van der Waals surface area contributed by atoms with Gasteiger partial charge in [-0.3, -0.25) is 9.59 Å². The smallest absolute Gasteiger partial charge is 0.221 e. The van der Waals surface area contributed by atoms with Gasteiger partial charge in [0.2, 0.25) is 5.91 Å². The molecule has 0 radical (unpaired) electrons. The lowest BCUT2D eigenvalue weighted by atomic mass is 9.70. The minimum Gasteiger partial charge on any atom is -0.369 e. The van der Waals surface area contributed by atoms with Crippen molar-refractivity contribution >= 4 is 11.7 Å². The minimum atomic E-state index is -0.420. The molecule has 0 aromatic rings. The molecule has 0 heterocycles. The van der Waals surface area contributed by atoms with Crippen molar-refractivity contribution in [3.63, 3.8) is 0 Å². The van der Waals surface area contributed by atoms with E-state index in [0.29, 0.717) is 6.42 Å². The van der Waals surface area contributed by atoms with Gasteiger partial charge in [-0.25, -0.2) is 0 Å². The Labute approximate surface area is 105 Å². The van der Waals surface area contributed by atoms with Gasteiger partial charge in [0.15, 0.2) is 0 Å². The number of ketones is 1. The molecule has 0 rings (SSSR count). The summed E-state index contributed by atoms with van der Waals surface area (Å²) in [6.45, 7) is 11.7. The third-order valence-electron chi connectivity index (χ3n) is 3.16. The molecular weight excluding hydrogens is 214 g/mol. The van der Waals surface area contributed by atoms with Crippen LogP contribution >= 0.6 is 0 Å².